The van der Waals surface area contributed by atoms with Crippen molar-refractivity contribution in [2.75, 3.05) is 45.5 Å². The molecular formula is C12H19N3O3S. The van der Waals surface area contributed by atoms with E-state index in [0.717, 1.165) is 6.54 Å². The Morgan fingerprint density at radius 1 is 1.37 bits per heavy atom. The van der Waals surface area contributed by atoms with Crippen LogP contribution < -0.4 is 5.32 Å². The van der Waals surface area contributed by atoms with Crippen LogP contribution in [0, 0.1) is 11.3 Å². The molecule has 1 amide bonds. The fourth-order valence-electron chi connectivity index (χ4n) is 3.39. The lowest BCUT2D eigenvalue weighted by Crippen LogP contribution is -2.48. The minimum Gasteiger partial charge on any atom is -0.335 e. The number of carbonyl (C=O) groups is 1. The van der Waals surface area contributed by atoms with Gasteiger partial charge >= 0.3 is 0 Å². The Kier molecular flexibility index (Phi) is 2.95. The first-order valence-corrected chi connectivity index (χ1v) is 8.38. The number of hydrogen-bond donors (Lipinski definition) is 1. The monoisotopic (exact) mass is 285 g/mol. The van der Waals surface area contributed by atoms with Gasteiger partial charge in [-0.1, -0.05) is 12.2 Å². The molecule has 0 aliphatic carbocycles. The fraction of sp³-hybridized carbons (Fsp3) is 0.750. The predicted molar refractivity (Wildman–Crippen MR) is 70.9 cm³/mol. The second-order valence-corrected chi connectivity index (χ2v) is 7.70. The molecule has 7 heteroatoms. The molecule has 0 unspecified atom stereocenters. The van der Waals surface area contributed by atoms with Gasteiger partial charge in [-0.3, -0.25) is 4.79 Å². The standard InChI is InChI=1S/C12H19N3O3S/c1-19(17,18)15-7-10-6-13-8-12(10,9-15)11(16)14-4-2-3-5-14/h2-3,10,13H,4-9H2,1H3/t10-,12-/m1/s1. The molecule has 3 aliphatic heterocycles. The SMILES string of the molecule is CS(=O)(=O)N1C[C@H]2CNC[C@@]2(C(=O)N2CC=CC2)C1. The minimum absolute atomic E-state index is 0.0929. The number of carbonyl (C=O) groups excluding carboxylic acids is 1. The Labute approximate surface area is 113 Å². The molecular weight excluding hydrogens is 266 g/mol. The average molecular weight is 285 g/mol. The van der Waals surface area contributed by atoms with Gasteiger partial charge in [0.15, 0.2) is 0 Å². The van der Waals surface area contributed by atoms with Gasteiger partial charge in [-0.05, 0) is 0 Å². The molecule has 2 fully saturated rings. The Morgan fingerprint density at radius 2 is 2.05 bits per heavy atom. The topological polar surface area (TPSA) is 69.7 Å². The highest BCUT2D eigenvalue weighted by Gasteiger charge is 2.57. The maximum absolute atomic E-state index is 12.7. The molecule has 0 aromatic heterocycles. The van der Waals surface area contributed by atoms with E-state index >= 15 is 0 Å². The molecule has 0 aromatic carbocycles. The number of rotatable bonds is 2. The van der Waals surface area contributed by atoms with Crippen molar-refractivity contribution in [1.29, 1.82) is 0 Å². The average Bonchev–Trinajstić information content (AvgIpc) is 3.02. The van der Waals surface area contributed by atoms with Crippen molar-refractivity contribution in [3.8, 4) is 0 Å². The van der Waals surface area contributed by atoms with Crippen molar-refractivity contribution in [3.63, 3.8) is 0 Å². The maximum Gasteiger partial charge on any atom is 0.232 e. The molecule has 106 valence electrons. The molecule has 6 nitrogen and oxygen atoms in total. The number of hydrogen-bond acceptors (Lipinski definition) is 4. The summed E-state index contributed by atoms with van der Waals surface area (Å²) in [6, 6.07) is 0. The van der Waals surface area contributed by atoms with Gasteiger partial charge in [0.05, 0.1) is 11.7 Å². The van der Waals surface area contributed by atoms with Crippen LogP contribution in [-0.2, 0) is 14.8 Å². The molecule has 0 aromatic rings. The number of sulfonamides is 1. The largest absolute Gasteiger partial charge is 0.335 e. The summed E-state index contributed by atoms with van der Waals surface area (Å²) in [6.07, 6.45) is 5.18. The van der Waals surface area contributed by atoms with Crippen LogP contribution in [-0.4, -0.2) is 69.1 Å². The van der Waals surface area contributed by atoms with Gasteiger partial charge in [-0.2, -0.15) is 0 Å². The molecule has 0 radical (unpaired) electrons. The smallest absolute Gasteiger partial charge is 0.232 e. The van der Waals surface area contributed by atoms with Gasteiger partial charge in [0, 0.05) is 45.2 Å². The number of nitrogens with zero attached hydrogens (tertiary/aromatic N) is 2. The van der Waals surface area contributed by atoms with Crippen molar-refractivity contribution in [3.05, 3.63) is 12.2 Å². The summed E-state index contributed by atoms with van der Waals surface area (Å²) >= 11 is 0. The van der Waals surface area contributed by atoms with Gasteiger partial charge < -0.3 is 10.2 Å². The summed E-state index contributed by atoms with van der Waals surface area (Å²) in [6.45, 7) is 3.37. The van der Waals surface area contributed by atoms with E-state index in [-0.39, 0.29) is 11.8 Å². The molecule has 3 heterocycles. The molecule has 19 heavy (non-hydrogen) atoms. The van der Waals surface area contributed by atoms with Crippen molar-refractivity contribution in [2.45, 2.75) is 0 Å². The van der Waals surface area contributed by atoms with Crippen LogP contribution in [0.15, 0.2) is 12.2 Å². The maximum atomic E-state index is 12.7. The summed E-state index contributed by atoms with van der Waals surface area (Å²) in [7, 11) is -3.22. The lowest BCUT2D eigenvalue weighted by atomic mass is 9.79. The molecule has 2 saturated heterocycles. The van der Waals surface area contributed by atoms with E-state index in [1.165, 1.54) is 10.6 Å². The van der Waals surface area contributed by atoms with E-state index in [1.54, 1.807) is 0 Å². The number of fused-ring (bicyclic) bond motifs is 1. The van der Waals surface area contributed by atoms with E-state index in [1.807, 2.05) is 17.1 Å². The van der Waals surface area contributed by atoms with Gasteiger partial charge in [-0.25, -0.2) is 12.7 Å². The molecule has 0 spiro atoms. The predicted octanol–water partition coefficient (Wildman–Crippen LogP) is -1.13. The zero-order valence-corrected chi connectivity index (χ0v) is 11.8. The number of nitrogens with one attached hydrogen (secondary N) is 1. The van der Waals surface area contributed by atoms with E-state index in [4.69, 9.17) is 0 Å². The number of amides is 1. The highest BCUT2D eigenvalue weighted by atomic mass is 32.2. The van der Waals surface area contributed by atoms with Crippen LogP contribution in [0.1, 0.15) is 0 Å². The Morgan fingerprint density at radius 3 is 2.68 bits per heavy atom. The third-order valence-corrected chi connectivity index (χ3v) is 5.71. The van der Waals surface area contributed by atoms with E-state index < -0.39 is 15.4 Å². The van der Waals surface area contributed by atoms with Crippen LogP contribution in [0.4, 0.5) is 0 Å². The first-order chi connectivity index (χ1) is 8.93. The molecule has 2 atom stereocenters. The Balaban J connectivity index is 1.86. The van der Waals surface area contributed by atoms with Crippen molar-refractivity contribution in [1.82, 2.24) is 14.5 Å². The Hall–Kier alpha value is -0.920. The second kappa shape index (κ2) is 4.29. The van der Waals surface area contributed by atoms with E-state index in [9.17, 15) is 13.2 Å². The van der Waals surface area contributed by atoms with E-state index in [0.29, 0.717) is 32.7 Å². The first kappa shape index (κ1) is 13.1. The lowest BCUT2D eigenvalue weighted by molar-refractivity contribution is -0.140. The Bertz CT molecular complexity index is 522. The van der Waals surface area contributed by atoms with E-state index in [2.05, 4.69) is 5.32 Å². The van der Waals surface area contributed by atoms with Gasteiger partial charge in [0.2, 0.25) is 15.9 Å². The third-order valence-electron chi connectivity index (χ3n) is 4.50. The normalized spacial score (nSPS) is 35.0. The van der Waals surface area contributed by atoms with Crippen LogP contribution in [0.25, 0.3) is 0 Å². The van der Waals surface area contributed by atoms with Crippen LogP contribution in [0.3, 0.4) is 0 Å². The highest BCUT2D eigenvalue weighted by molar-refractivity contribution is 7.88. The lowest BCUT2D eigenvalue weighted by Gasteiger charge is -2.31. The molecule has 1 N–H and O–H groups in total. The summed E-state index contributed by atoms with van der Waals surface area (Å²) in [4.78, 5) is 14.6. The van der Waals surface area contributed by atoms with Crippen molar-refractivity contribution >= 4 is 15.9 Å². The third kappa shape index (κ3) is 2.00. The molecule has 3 aliphatic rings. The molecule has 3 rings (SSSR count). The van der Waals surface area contributed by atoms with Crippen molar-refractivity contribution < 1.29 is 13.2 Å². The molecule has 0 saturated carbocycles. The van der Waals surface area contributed by atoms with Gasteiger partial charge in [-0.15, -0.1) is 0 Å². The second-order valence-electron chi connectivity index (χ2n) is 5.72. The summed E-state index contributed by atoms with van der Waals surface area (Å²) < 4.78 is 24.9. The highest BCUT2D eigenvalue weighted by Crippen LogP contribution is 2.41. The van der Waals surface area contributed by atoms with Crippen LogP contribution >= 0.6 is 0 Å². The quantitative estimate of drug-likeness (QED) is 0.652. The minimum atomic E-state index is -3.22. The van der Waals surface area contributed by atoms with Crippen LogP contribution in [0.2, 0.25) is 0 Å². The molecule has 0 bridgehead atoms. The first-order valence-electron chi connectivity index (χ1n) is 6.54. The van der Waals surface area contributed by atoms with Crippen LogP contribution in [0.5, 0.6) is 0 Å². The zero-order chi connectivity index (χ0) is 13.7. The summed E-state index contributed by atoms with van der Waals surface area (Å²) in [5.41, 5.74) is -0.560. The summed E-state index contributed by atoms with van der Waals surface area (Å²) in [5.74, 6) is 0.189. The van der Waals surface area contributed by atoms with Gasteiger partial charge in [0.1, 0.15) is 0 Å². The zero-order valence-electron chi connectivity index (χ0n) is 11.0. The van der Waals surface area contributed by atoms with Gasteiger partial charge in [0.25, 0.3) is 0 Å². The fourth-order valence-corrected chi connectivity index (χ4v) is 4.30. The summed E-state index contributed by atoms with van der Waals surface area (Å²) in [5, 5.41) is 3.25. The van der Waals surface area contributed by atoms with Crippen molar-refractivity contribution in [2.24, 2.45) is 11.3 Å².